The molecule has 6 heteroatoms. The van der Waals surface area contributed by atoms with E-state index in [4.69, 9.17) is 0 Å². The summed E-state index contributed by atoms with van der Waals surface area (Å²) in [7, 11) is 1.58. The zero-order chi connectivity index (χ0) is 13.5. The summed E-state index contributed by atoms with van der Waals surface area (Å²) in [6.45, 7) is 2.08. The van der Waals surface area contributed by atoms with Gasteiger partial charge in [-0.25, -0.2) is 9.18 Å². The van der Waals surface area contributed by atoms with Crippen LogP contribution < -0.4 is 15.5 Å². The predicted octanol–water partition coefficient (Wildman–Crippen LogP) is 1.11. The zero-order valence-corrected chi connectivity index (χ0v) is 10.4. The maximum atomic E-state index is 13.4. The minimum Gasteiger partial charge on any atom is -0.363 e. The van der Waals surface area contributed by atoms with Gasteiger partial charge in [0.1, 0.15) is 5.82 Å². The Hall–Kier alpha value is -2.11. The maximum absolute atomic E-state index is 13.4. The third kappa shape index (κ3) is 4.04. The molecule has 0 spiro atoms. The van der Waals surface area contributed by atoms with Gasteiger partial charge in [0.2, 0.25) is 5.91 Å². The molecule has 1 rings (SSSR count). The van der Waals surface area contributed by atoms with Crippen LogP contribution >= 0.6 is 0 Å². The van der Waals surface area contributed by atoms with Gasteiger partial charge >= 0.3 is 6.03 Å². The summed E-state index contributed by atoms with van der Waals surface area (Å²) >= 11 is 0. The third-order valence-corrected chi connectivity index (χ3v) is 2.23. The lowest BCUT2D eigenvalue weighted by atomic mass is 10.3. The molecule has 1 aromatic carbocycles. The molecule has 0 bridgehead atoms. The van der Waals surface area contributed by atoms with E-state index in [2.05, 4.69) is 10.6 Å². The van der Waals surface area contributed by atoms with Gasteiger partial charge in [0.05, 0.1) is 12.2 Å². The molecule has 5 nitrogen and oxygen atoms in total. The van der Waals surface area contributed by atoms with Gasteiger partial charge in [-0.2, -0.15) is 0 Å². The summed E-state index contributed by atoms with van der Waals surface area (Å²) in [4.78, 5) is 24.0. The predicted molar refractivity (Wildman–Crippen MR) is 66.9 cm³/mol. The van der Waals surface area contributed by atoms with Gasteiger partial charge < -0.3 is 10.2 Å². The number of amides is 3. The normalized spacial score (nSPS) is 9.72. The lowest BCUT2D eigenvalue weighted by Gasteiger charge is -2.18. The number of anilines is 1. The number of halogens is 1. The third-order valence-electron chi connectivity index (χ3n) is 2.23. The van der Waals surface area contributed by atoms with Crippen LogP contribution in [-0.4, -0.2) is 32.1 Å². The Morgan fingerprint density at radius 2 is 2.00 bits per heavy atom. The number of carbonyl (C=O) groups is 2. The molecule has 0 saturated carbocycles. The standard InChI is InChI=1S/C12H16FN3O2/c1-3-14-12(18)15-11(17)8-16(2)10-7-5-4-6-9(10)13/h4-7H,3,8H2,1-2H3,(H2,14,15,17,18). The van der Waals surface area contributed by atoms with E-state index in [1.807, 2.05) is 0 Å². The van der Waals surface area contributed by atoms with Crippen molar-refractivity contribution < 1.29 is 14.0 Å². The molecule has 0 fully saturated rings. The molecule has 1 aromatic rings. The highest BCUT2D eigenvalue weighted by Gasteiger charge is 2.12. The molecule has 0 aliphatic rings. The number of likely N-dealkylation sites (N-methyl/N-ethyl adjacent to an activating group) is 1. The van der Waals surface area contributed by atoms with E-state index in [-0.39, 0.29) is 6.54 Å². The van der Waals surface area contributed by atoms with Crippen LogP contribution in [0.4, 0.5) is 14.9 Å². The lowest BCUT2D eigenvalue weighted by Crippen LogP contribution is -2.43. The zero-order valence-electron chi connectivity index (χ0n) is 10.4. The van der Waals surface area contributed by atoms with Crippen molar-refractivity contribution in [2.24, 2.45) is 0 Å². The number of imide groups is 1. The minimum atomic E-state index is -0.551. The molecule has 0 unspecified atom stereocenters. The van der Waals surface area contributed by atoms with Crippen molar-refractivity contribution >= 4 is 17.6 Å². The van der Waals surface area contributed by atoms with Crippen LogP contribution in [0, 0.1) is 5.82 Å². The Labute approximate surface area is 105 Å². The minimum absolute atomic E-state index is 0.0991. The second kappa shape index (κ2) is 6.58. The van der Waals surface area contributed by atoms with Crippen molar-refractivity contribution in [2.45, 2.75) is 6.92 Å². The Kier molecular flexibility index (Phi) is 5.10. The van der Waals surface area contributed by atoms with E-state index >= 15 is 0 Å². The Bertz CT molecular complexity index is 437. The second-order valence-corrected chi connectivity index (χ2v) is 3.72. The fourth-order valence-electron chi connectivity index (χ4n) is 1.43. The fraction of sp³-hybridized carbons (Fsp3) is 0.333. The van der Waals surface area contributed by atoms with Gasteiger partial charge in [-0.3, -0.25) is 10.1 Å². The topological polar surface area (TPSA) is 61.4 Å². The summed E-state index contributed by atoms with van der Waals surface area (Å²) in [5, 5.41) is 4.59. The quantitative estimate of drug-likeness (QED) is 0.845. The van der Waals surface area contributed by atoms with Gasteiger partial charge in [-0.1, -0.05) is 12.1 Å². The summed E-state index contributed by atoms with van der Waals surface area (Å²) in [5.41, 5.74) is 0.309. The number of hydrogen-bond acceptors (Lipinski definition) is 3. The molecule has 0 aliphatic carbocycles. The molecule has 0 aliphatic heterocycles. The average molecular weight is 253 g/mol. The number of nitrogens with one attached hydrogen (secondary N) is 2. The Morgan fingerprint density at radius 3 is 2.61 bits per heavy atom. The van der Waals surface area contributed by atoms with E-state index in [1.54, 1.807) is 32.2 Å². The smallest absolute Gasteiger partial charge is 0.321 e. The first kappa shape index (κ1) is 14.0. The van der Waals surface area contributed by atoms with Crippen LogP contribution in [0.15, 0.2) is 24.3 Å². The number of para-hydroxylation sites is 1. The Morgan fingerprint density at radius 1 is 1.33 bits per heavy atom. The molecule has 0 atom stereocenters. The highest BCUT2D eigenvalue weighted by Crippen LogP contribution is 2.16. The monoisotopic (exact) mass is 253 g/mol. The van der Waals surface area contributed by atoms with Crippen molar-refractivity contribution in [2.75, 3.05) is 25.0 Å². The van der Waals surface area contributed by atoms with Crippen LogP contribution in [0.1, 0.15) is 6.92 Å². The SMILES string of the molecule is CCNC(=O)NC(=O)CN(C)c1ccccc1F. The van der Waals surface area contributed by atoms with Gasteiger partial charge in [-0.15, -0.1) is 0 Å². The highest BCUT2D eigenvalue weighted by atomic mass is 19.1. The summed E-state index contributed by atoms with van der Waals surface area (Å²) in [5.74, 6) is -0.905. The van der Waals surface area contributed by atoms with Crippen LogP contribution in [0.25, 0.3) is 0 Å². The van der Waals surface area contributed by atoms with Crippen LogP contribution in [0.2, 0.25) is 0 Å². The first-order valence-corrected chi connectivity index (χ1v) is 5.58. The summed E-state index contributed by atoms with van der Waals surface area (Å²) in [6.07, 6.45) is 0. The van der Waals surface area contributed by atoms with E-state index in [0.717, 1.165) is 0 Å². The van der Waals surface area contributed by atoms with E-state index < -0.39 is 17.8 Å². The van der Waals surface area contributed by atoms with Gasteiger partial charge in [0.15, 0.2) is 0 Å². The van der Waals surface area contributed by atoms with Gasteiger partial charge in [0.25, 0.3) is 0 Å². The Balaban J connectivity index is 2.55. The van der Waals surface area contributed by atoms with E-state index in [0.29, 0.717) is 12.2 Å². The molecular formula is C12H16FN3O2. The second-order valence-electron chi connectivity index (χ2n) is 3.72. The molecule has 18 heavy (non-hydrogen) atoms. The largest absolute Gasteiger partial charge is 0.363 e. The first-order valence-electron chi connectivity index (χ1n) is 5.58. The van der Waals surface area contributed by atoms with E-state index in [1.165, 1.54) is 11.0 Å². The summed E-state index contributed by atoms with van der Waals surface area (Å²) in [6, 6.07) is 5.57. The molecule has 98 valence electrons. The number of benzene rings is 1. The molecular weight excluding hydrogens is 237 g/mol. The maximum Gasteiger partial charge on any atom is 0.321 e. The van der Waals surface area contributed by atoms with Crippen molar-refractivity contribution in [1.82, 2.24) is 10.6 Å². The average Bonchev–Trinajstić information content (AvgIpc) is 2.29. The number of nitrogens with zero attached hydrogens (tertiary/aromatic N) is 1. The molecule has 2 N–H and O–H groups in total. The van der Waals surface area contributed by atoms with Gasteiger partial charge in [0, 0.05) is 13.6 Å². The van der Waals surface area contributed by atoms with Crippen molar-refractivity contribution in [3.63, 3.8) is 0 Å². The van der Waals surface area contributed by atoms with Crippen LogP contribution in [0.5, 0.6) is 0 Å². The molecule has 0 heterocycles. The first-order chi connectivity index (χ1) is 8.54. The number of urea groups is 1. The van der Waals surface area contributed by atoms with Crippen LogP contribution in [-0.2, 0) is 4.79 Å². The molecule has 0 saturated heterocycles. The number of hydrogen-bond donors (Lipinski definition) is 2. The highest BCUT2D eigenvalue weighted by molar-refractivity contribution is 5.96. The van der Waals surface area contributed by atoms with E-state index in [9.17, 15) is 14.0 Å². The number of carbonyl (C=O) groups excluding carboxylic acids is 2. The molecule has 3 amide bonds. The molecule has 0 aromatic heterocycles. The van der Waals surface area contributed by atoms with Crippen LogP contribution in [0.3, 0.4) is 0 Å². The van der Waals surface area contributed by atoms with Crippen molar-refractivity contribution in [3.8, 4) is 0 Å². The number of rotatable bonds is 4. The summed E-state index contributed by atoms with van der Waals surface area (Å²) < 4.78 is 13.4. The molecule has 0 radical (unpaired) electrons. The van der Waals surface area contributed by atoms with Crippen molar-refractivity contribution in [3.05, 3.63) is 30.1 Å². The van der Waals surface area contributed by atoms with Crippen molar-refractivity contribution in [1.29, 1.82) is 0 Å². The van der Waals surface area contributed by atoms with Gasteiger partial charge in [-0.05, 0) is 19.1 Å². The fourth-order valence-corrected chi connectivity index (χ4v) is 1.43. The lowest BCUT2D eigenvalue weighted by molar-refractivity contribution is -0.118.